The molecule has 2 aromatic heterocycles. The fourth-order valence-corrected chi connectivity index (χ4v) is 2.00. The first-order valence-electron chi connectivity index (χ1n) is 4.57. The van der Waals surface area contributed by atoms with Crippen molar-refractivity contribution in [2.75, 3.05) is 6.61 Å². The second-order valence-corrected chi connectivity index (χ2v) is 4.18. The van der Waals surface area contributed by atoms with Gasteiger partial charge in [-0.1, -0.05) is 6.92 Å². The maximum absolute atomic E-state index is 5.64. The number of rotatable bonds is 3. The molecule has 0 saturated carbocycles. The number of nitrogens with one attached hydrogen (secondary N) is 1. The molecule has 0 aliphatic carbocycles. The van der Waals surface area contributed by atoms with Gasteiger partial charge in [-0.15, -0.1) is 0 Å². The van der Waals surface area contributed by atoms with Crippen LogP contribution in [0.4, 0.5) is 0 Å². The molecular weight excluding hydrogens is 291 g/mol. The number of aromatic nitrogens is 2. The quantitative estimate of drug-likeness (QED) is 0.885. The predicted octanol–water partition coefficient (Wildman–Crippen LogP) is 2.96. The molecule has 2 rings (SSSR count). The van der Waals surface area contributed by atoms with E-state index in [0.29, 0.717) is 0 Å². The second kappa shape index (κ2) is 4.16. The van der Waals surface area contributed by atoms with Crippen LogP contribution in [0.2, 0.25) is 0 Å². The molecule has 14 heavy (non-hydrogen) atoms. The summed E-state index contributed by atoms with van der Waals surface area (Å²) in [6.07, 6.45) is 4.72. The highest BCUT2D eigenvalue weighted by Crippen LogP contribution is 2.28. The molecule has 0 unspecified atom stereocenters. The lowest BCUT2D eigenvalue weighted by molar-refractivity contribution is 0.321. The van der Waals surface area contributed by atoms with Crippen LogP contribution in [0.3, 0.4) is 0 Å². The third-order valence-electron chi connectivity index (χ3n) is 1.95. The van der Waals surface area contributed by atoms with Crippen molar-refractivity contribution in [1.29, 1.82) is 0 Å². The number of halogens is 1. The number of ether oxygens (including phenoxy) is 1. The van der Waals surface area contributed by atoms with E-state index in [-0.39, 0.29) is 0 Å². The summed E-state index contributed by atoms with van der Waals surface area (Å²) in [5.74, 6) is 0.919. The third kappa shape index (κ3) is 1.70. The van der Waals surface area contributed by atoms with Gasteiger partial charge in [-0.3, -0.25) is 0 Å². The topological polar surface area (TPSA) is 37.9 Å². The Bertz CT molecular complexity index is 439. The van der Waals surface area contributed by atoms with Crippen LogP contribution in [0.1, 0.15) is 13.3 Å². The summed E-state index contributed by atoms with van der Waals surface area (Å²) >= 11 is 2.28. The van der Waals surface area contributed by atoms with Crippen molar-refractivity contribution in [3.63, 3.8) is 0 Å². The van der Waals surface area contributed by atoms with E-state index in [0.717, 1.165) is 33.4 Å². The highest BCUT2D eigenvalue weighted by molar-refractivity contribution is 14.1. The van der Waals surface area contributed by atoms with Gasteiger partial charge in [0.25, 0.3) is 0 Å². The number of pyridine rings is 1. The normalized spacial score (nSPS) is 10.7. The molecule has 0 atom stereocenters. The van der Waals surface area contributed by atoms with E-state index in [2.05, 4.69) is 39.5 Å². The average Bonchev–Trinajstić information content (AvgIpc) is 2.58. The maximum atomic E-state index is 5.64. The fraction of sp³-hybridized carbons (Fsp3) is 0.300. The SMILES string of the molecule is CCCOc1ccnc2[nH]cc(I)c12. The van der Waals surface area contributed by atoms with Gasteiger partial charge in [0.05, 0.1) is 12.0 Å². The highest BCUT2D eigenvalue weighted by atomic mass is 127. The van der Waals surface area contributed by atoms with Crippen molar-refractivity contribution >= 4 is 33.6 Å². The van der Waals surface area contributed by atoms with E-state index < -0.39 is 0 Å². The van der Waals surface area contributed by atoms with Crippen LogP contribution in [-0.4, -0.2) is 16.6 Å². The van der Waals surface area contributed by atoms with E-state index in [1.807, 2.05) is 12.3 Å². The molecule has 2 heterocycles. The van der Waals surface area contributed by atoms with Gasteiger partial charge in [0, 0.05) is 16.0 Å². The first-order valence-corrected chi connectivity index (χ1v) is 5.65. The van der Waals surface area contributed by atoms with Gasteiger partial charge in [-0.05, 0) is 35.1 Å². The van der Waals surface area contributed by atoms with E-state index in [1.54, 1.807) is 6.20 Å². The Labute approximate surface area is 96.0 Å². The Balaban J connectivity index is 2.46. The van der Waals surface area contributed by atoms with Gasteiger partial charge < -0.3 is 9.72 Å². The van der Waals surface area contributed by atoms with Gasteiger partial charge in [0.1, 0.15) is 11.4 Å². The summed E-state index contributed by atoms with van der Waals surface area (Å²) in [7, 11) is 0. The summed E-state index contributed by atoms with van der Waals surface area (Å²) in [6.45, 7) is 2.85. The smallest absolute Gasteiger partial charge is 0.142 e. The van der Waals surface area contributed by atoms with Gasteiger partial charge >= 0.3 is 0 Å². The zero-order valence-electron chi connectivity index (χ0n) is 7.88. The van der Waals surface area contributed by atoms with E-state index in [4.69, 9.17) is 4.74 Å². The highest BCUT2D eigenvalue weighted by Gasteiger charge is 2.07. The molecule has 0 aliphatic rings. The molecule has 1 N–H and O–H groups in total. The van der Waals surface area contributed by atoms with Gasteiger partial charge in [-0.25, -0.2) is 4.98 Å². The summed E-state index contributed by atoms with van der Waals surface area (Å²) in [6, 6.07) is 1.91. The largest absolute Gasteiger partial charge is 0.493 e. The molecule has 0 bridgehead atoms. The lowest BCUT2D eigenvalue weighted by atomic mass is 10.3. The van der Waals surface area contributed by atoms with Crippen molar-refractivity contribution < 1.29 is 4.74 Å². The third-order valence-corrected chi connectivity index (χ3v) is 2.80. The molecule has 0 saturated heterocycles. The number of nitrogens with zero attached hydrogens (tertiary/aromatic N) is 1. The van der Waals surface area contributed by atoms with Crippen LogP contribution in [-0.2, 0) is 0 Å². The average molecular weight is 302 g/mol. The molecule has 3 nitrogen and oxygen atoms in total. The van der Waals surface area contributed by atoms with Gasteiger partial charge in [0.15, 0.2) is 0 Å². The van der Waals surface area contributed by atoms with Crippen molar-refractivity contribution in [2.24, 2.45) is 0 Å². The Kier molecular flexibility index (Phi) is 2.90. The standard InChI is InChI=1S/C10H11IN2O/c1-2-5-14-8-3-4-12-10-9(8)7(11)6-13-10/h3-4,6H,2,5H2,1H3,(H,12,13). The molecule has 0 aromatic carbocycles. The first kappa shape index (κ1) is 9.76. The molecule has 0 radical (unpaired) electrons. The number of H-pyrrole nitrogens is 1. The predicted molar refractivity (Wildman–Crippen MR) is 64.6 cm³/mol. The molecule has 4 heteroatoms. The van der Waals surface area contributed by atoms with Gasteiger partial charge in [-0.2, -0.15) is 0 Å². The number of hydrogen-bond donors (Lipinski definition) is 1. The number of fused-ring (bicyclic) bond motifs is 1. The van der Waals surface area contributed by atoms with Crippen LogP contribution in [0.15, 0.2) is 18.5 Å². The lowest BCUT2D eigenvalue weighted by Gasteiger charge is -2.05. The summed E-state index contributed by atoms with van der Waals surface area (Å²) < 4.78 is 6.79. The van der Waals surface area contributed by atoms with Crippen molar-refractivity contribution in [3.8, 4) is 5.75 Å². The fourth-order valence-electron chi connectivity index (χ4n) is 1.32. The van der Waals surface area contributed by atoms with Crippen molar-refractivity contribution in [1.82, 2.24) is 9.97 Å². The maximum Gasteiger partial charge on any atom is 0.142 e. The summed E-state index contributed by atoms with van der Waals surface area (Å²) in [5, 5.41) is 1.08. The van der Waals surface area contributed by atoms with Crippen molar-refractivity contribution in [3.05, 3.63) is 22.0 Å². The minimum Gasteiger partial charge on any atom is -0.493 e. The first-order chi connectivity index (χ1) is 6.83. The van der Waals surface area contributed by atoms with Crippen LogP contribution in [0.5, 0.6) is 5.75 Å². The Morgan fingerprint density at radius 2 is 2.43 bits per heavy atom. The second-order valence-electron chi connectivity index (χ2n) is 3.02. The zero-order valence-corrected chi connectivity index (χ0v) is 10.0. The van der Waals surface area contributed by atoms with Crippen molar-refractivity contribution in [2.45, 2.75) is 13.3 Å². The Morgan fingerprint density at radius 3 is 3.21 bits per heavy atom. The Hall–Kier alpha value is -0.780. The van der Waals surface area contributed by atoms with E-state index in [1.165, 1.54) is 0 Å². The minimum atomic E-state index is 0.750. The van der Waals surface area contributed by atoms with Gasteiger partial charge in [0.2, 0.25) is 0 Å². The van der Waals surface area contributed by atoms with Crippen LogP contribution in [0, 0.1) is 3.57 Å². The van der Waals surface area contributed by atoms with E-state index >= 15 is 0 Å². The molecule has 74 valence electrons. The summed E-state index contributed by atoms with van der Waals surface area (Å²) in [4.78, 5) is 7.34. The van der Waals surface area contributed by atoms with E-state index in [9.17, 15) is 0 Å². The molecule has 0 amide bonds. The van der Waals surface area contributed by atoms with Crippen LogP contribution < -0.4 is 4.74 Å². The number of hydrogen-bond acceptors (Lipinski definition) is 2. The monoisotopic (exact) mass is 302 g/mol. The zero-order chi connectivity index (χ0) is 9.97. The molecule has 2 aromatic rings. The van der Waals surface area contributed by atoms with Crippen LogP contribution in [0.25, 0.3) is 11.0 Å². The molecule has 0 spiro atoms. The molecule has 0 aliphatic heterocycles. The Morgan fingerprint density at radius 1 is 1.57 bits per heavy atom. The number of aromatic amines is 1. The van der Waals surface area contributed by atoms with Crippen LogP contribution >= 0.6 is 22.6 Å². The summed E-state index contributed by atoms with van der Waals surface area (Å²) in [5.41, 5.74) is 0.892. The lowest BCUT2D eigenvalue weighted by Crippen LogP contribution is -1.95. The molecular formula is C10H11IN2O. The molecule has 0 fully saturated rings. The minimum absolute atomic E-state index is 0.750.